The van der Waals surface area contributed by atoms with Gasteiger partial charge in [0.25, 0.3) is 0 Å². The number of nitrogens with zero attached hydrogens (tertiary/aromatic N) is 1. The Morgan fingerprint density at radius 2 is 1.68 bits per heavy atom. The molecule has 6 heteroatoms. The normalized spacial score (nSPS) is 13.6. The van der Waals surface area contributed by atoms with Crippen LogP contribution in [0.5, 0.6) is 5.75 Å². The van der Waals surface area contributed by atoms with Gasteiger partial charge in [0.05, 0.1) is 13.2 Å². The molecule has 4 aromatic rings. The Morgan fingerprint density at radius 1 is 0.912 bits per heavy atom. The third-order valence-electron chi connectivity index (χ3n) is 5.37. The van der Waals surface area contributed by atoms with Gasteiger partial charge in [0, 0.05) is 38.9 Å². The van der Waals surface area contributed by atoms with Gasteiger partial charge >= 0.3 is 0 Å². The van der Waals surface area contributed by atoms with E-state index in [4.69, 9.17) is 14.2 Å². The van der Waals surface area contributed by atoms with Gasteiger partial charge < -0.3 is 14.2 Å². The second-order valence-electron chi connectivity index (χ2n) is 7.74. The average Bonchev–Trinajstić information content (AvgIpc) is 3.44. The van der Waals surface area contributed by atoms with Crippen LogP contribution < -0.4 is 4.74 Å². The molecule has 1 aliphatic rings. The van der Waals surface area contributed by atoms with E-state index in [1.165, 1.54) is 0 Å². The Hall–Kier alpha value is -3.45. The van der Waals surface area contributed by atoms with Crippen LogP contribution >= 0.6 is 11.8 Å². The van der Waals surface area contributed by atoms with Crippen LogP contribution in [-0.2, 0) is 16.1 Å². The Balaban J connectivity index is 1.22. The predicted octanol–water partition coefficient (Wildman–Crippen LogP) is 6.09. The van der Waals surface area contributed by atoms with E-state index in [0.717, 1.165) is 26.7 Å². The highest BCUT2D eigenvalue weighted by Crippen LogP contribution is 2.36. The third kappa shape index (κ3) is 5.37. The summed E-state index contributed by atoms with van der Waals surface area (Å²) in [7, 11) is 0. The lowest BCUT2D eigenvalue weighted by Gasteiger charge is -2.14. The van der Waals surface area contributed by atoms with Crippen molar-refractivity contribution in [2.75, 3.05) is 13.2 Å². The molecular formula is C28H23NO4S. The standard InChI is InChI=1S/C28H23NO4S/c30-27(21-6-2-1-3-7-21)22-8-4-5-20(17-22)19-33-23-9-11-24(12-10-23)34-26-13-14-29-18-25(26)28-31-15-16-32-28/h1-14,17-18,28H,15-16,19H2. The maximum absolute atomic E-state index is 12.7. The van der Waals surface area contributed by atoms with E-state index in [1.54, 1.807) is 24.2 Å². The number of rotatable bonds is 8. The maximum Gasteiger partial charge on any atom is 0.193 e. The lowest BCUT2D eigenvalue weighted by atomic mass is 10.0. The van der Waals surface area contributed by atoms with Crippen molar-refractivity contribution < 1.29 is 19.0 Å². The Kier molecular flexibility index (Phi) is 7.00. The molecular weight excluding hydrogens is 446 g/mol. The van der Waals surface area contributed by atoms with Gasteiger partial charge in [-0.2, -0.15) is 0 Å². The number of benzene rings is 3. The predicted molar refractivity (Wildman–Crippen MR) is 130 cm³/mol. The molecule has 2 heterocycles. The van der Waals surface area contributed by atoms with Crippen LogP contribution in [0.1, 0.15) is 33.3 Å². The summed E-state index contributed by atoms with van der Waals surface area (Å²) in [6.45, 7) is 1.57. The Bertz CT molecular complexity index is 1250. The van der Waals surface area contributed by atoms with Gasteiger partial charge in [0.15, 0.2) is 12.1 Å². The molecule has 3 aromatic carbocycles. The SMILES string of the molecule is O=C(c1ccccc1)c1cccc(COc2ccc(Sc3ccncc3C3OCCO3)cc2)c1. The fourth-order valence-electron chi connectivity index (χ4n) is 3.66. The molecule has 0 atom stereocenters. The van der Waals surface area contributed by atoms with E-state index < -0.39 is 0 Å². The zero-order chi connectivity index (χ0) is 23.2. The third-order valence-corrected chi connectivity index (χ3v) is 6.47. The number of hydrogen-bond acceptors (Lipinski definition) is 6. The van der Waals surface area contributed by atoms with Crippen LogP contribution in [0.25, 0.3) is 0 Å². The van der Waals surface area contributed by atoms with Gasteiger partial charge in [-0.3, -0.25) is 9.78 Å². The molecule has 0 aliphatic carbocycles. The molecule has 0 unspecified atom stereocenters. The highest BCUT2D eigenvalue weighted by atomic mass is 32.2. The number of carbonyl (C=O) groups is 1. The monoisotopic (exact) mass is 469 g/mol. The molecule has 0 amide bonds. The van der Waals surface area contributed by atoms with Crippen molar-refractivity contribution in [2.45, 2.75) is 22.7 Å². The van der Waals surface area contributed by atoms with Crippen molar-refractivity contribution in [1.82, 2.24) is 4.98 Å². The highest BCUT2D eigenvalue weighted by molar-refractivity contribution is 7.99. The molecule has 1 aromatic heterocycles. The van der Waals surface area contributed by atoms with Crippen molar-refractivity contribution in [3.05, 3.63) is 120 Å². The summed E-state index contributed by atoms with van der Waals surface area (Å²) < 4.78 is 17.3. The second kappa shape index (κ2) is 10.7. The fourth-order valence-corrected chi connectivity index (χ4v) is 4.58. The van der Waals surface area contributed by atoms with Crippen molar-refractivity contribution in [3.8, 4) is 5.75 Å². The molecule has 0 N–H and O–H groups in total. The molecule has 1 saturated heterocycles. The summed E-state index contributed by atoms with van der Waals surface area (Å²) in [5.41, 5.74) is 3.22. The van der Waals surface area contributed by atoms with Gasteiger partial charge in [-0.05, 0) is 42.0 Å². The number of carbonyl (C=O) groups excluding carboxylic acids is 1. The van der Waals surface area contributed by atoms with Gasteiger partial charge in [-0.1, -0.05) is 60.3 Å². The zero-order valence-corrected chi connectivity index (χ0v) is 19.2. The quantitative estimate of drug-likeness (QED) is 0.291. The number of ketones is 1. The summed E-state index contributed by atoms with van der Waals surface area (Å²) in [5.74, 6) is 0.772. The van der Waals surface area contributed by atoms with Crippen molar-refractivity contribution >= 4 is 17.5 Å². The number of hydrogen-bond donors (Lipinski definition) is 0. The number of aromatic nitrogens is 1. The van der Waals surface area contributed by atoms with Gasteiger partial charge in [0.2, 0.25) is 0 Å². The minimum Gasteiger partial charge on any atom is -0.489 e. The molecule has 34 heavy (non-hydrogen) atoms. The summed E-state index contributed by atoms with van der Waals surface area (Å²) in [6, 6.07) is 26.8. The van der Waals surface area contributed by atoms with Crippen LogP contribution in [0.4, 0.5) is 0 Å². The first kappa shape index (κ1) is 22.3. The summed E-state index contributed by atoms with van der Waals surface area (Å²) >= 11 is 1.63. The van der Waals surface area contributed by atoms with Gasteiger partial charge in [-0.25, -0.2) is 0 Å². The number of pyridine rings is 1. The van der Waals surface area contributed by atoms with Crippen LogP contribution in [0, 0.1) is 0 Å². The van der Waals surface area contributed by atoms with E-state index in [1.807, 2.05) is 84.9 Å². The molecule has 5 rings (SSSR count). The molecule has 0 bridgehead atoms. The van der Waals surface area contributed by atoms with Crippen LogP contribution in [0.3, 0.4) is 0 Å². The average molecular weight is 470 g/mol. The molecule has 0 spiro atoms. The smallest absolute Gasteiger partial charge is 0.193 e. The first-order chi connectivity index (χ1) is 16.8. The molecule has 170 valence electrons. The van der Waals surface area contributed by atoms with Crippen molar-refractivity contribution in [2.24, 2.45) is 0 Å². The first-order valence-electron chi connectivity index (χ1n) is 11.0. The molecule has 0 saturated carbocycles. The lowest BCUT2D eigenvalue weighted by molar-refractivity contribution is -0.0462. The second-order valence-corrected chi connectivity index (χ2v) is 8.86. The molecule has 1 aliphatic heterocycles. The van der Waals surface area contributed by atoms with Crippen LogP contribution in [0.2, 0.25) is 0 Å². The lowest BCUT2D eigenvalue weighted by Crippen LogP contribution is -2.03. The summed E-state index contributed by atoms with van der Waals surface area (Å²) in [4.78, 5) is 19.1. The number of ether oxygens (including phenoxy) is 3. The molecule has 0 radical (unpaired) electrons. The van der Waals surface area contributed by atoms with Gasteiger partial charge in [-0.15, -0.1) is 0 Å². The minimum atomic E-state index is -0.358. The Labute approximate surface area is 202 Å². The van der Waals surface area contributed by atoms with E-state index >= 15 is 0 Å². The van der Waals surface area contributed by atoms with E-state index in [2.05, 4.69) is 4.98 Å². The topological polar surface area (TPSA) is 57.7 Å². The minimum absolute atomic E-state index is 0.00714. The largest absolute Gasteiger partial charge is 0.489 e. The van der Waals surface area contributed by atoms with Gasteiger partial charge in [0.1, 0.15) is 12.4 Å². The van der Waals surface area contributed by atoms with Crippen LogP contribution in [0.15, 0.2) is 107 Å². The van der Waals surface area contributed by atoms with Crippen LogP contribution in [-0.4, -0.2) is 24.0 Å². The highest BCUT2D eigenvalue weighted by Gasteiger charge is 2.22. The fraction of sp³-hybridized carbons (Fsp3) is 0.143. The molecule has 5 nitrogen and oxygen atoms in total. The van der Waals surface area contributed by atoms with E-state index in [0.29, 0.717) is 30.9 Å². The zero-order valence-electron chi connectivity index (χ0n) is 18.4. The van der Waals surface area contributed by atoms with Crippen molar-refractivity contribution in [3.63, 3.8) is 0 Å². The van der Waals surface area contributed by atoms with E-state index in [9.17, 15) is 4.79 Å². The Morgan fingerprint density at radius 3 is 2.47 bits per heavy atom. The van der Waals surface area contributed by atoms with E-state index in [-0.39, 0.29) is 12.1 Å². The maximum atomic E-state index is 12.7. The summed E-state index contributed by atoms with van der Waals surface area (Å²) in [5, 5.41) is 0. The summed E-state index contributed by atoms with van der Waals surface area (Å²) in [6.07, 6.45) is 3.21. The molecule has 1 fully saturated rings. The first-order valence-corrected chi connectivity index (χ1v) is 11.8. The van der Waals surface area contributed by atoms with Crippen molar-refractivity contribution in [1.29, 1.82) is 0 Å².